The lowest BCUT2D eigenvalue weighted by Gasteiger charge is -2.22. The fourth-order valence-electron chi connectivity index (χ4n) is 5.55. The number of benzene rings is 2. The first-order chi connectivity index (χ1) is 17.7. The maximum absolute atomic E-state index is 13.1. The Morgan fingerprint density at radius 3 is 2.42 bits per heavy atom. The number of nitrogens with zero attached hydrogens (tertiary/aromatic N) is 3. The SMILES string of the molecule is CCCCCCCCCCCn1c(C2CC(=O)N(c3ccc4c(c3)OCCO4)C2)nc2ccccc21. The Labute approximate surface area is 214 Å². The summed E-state index contributed by atoms with van der Waals surface area (Å²) in [6.07, 6.45) is 12.3. The van der Waals surface area contributed by atoms with E-state index in [1.54, 1.807) is 0 Å². The van der Waals surface area contributed by atoms with E-state index in [1.807, 2.05) is 29.2 Å². The molecule has 2 aliphatic heterocycles. The highest BCUT2D eigenvalue weighted by molar-refractivity contribution is 5.96. The van der Waals surface area contributed by atoms with Gasteiger partial charge in [0.15, 0.2) is 11.5 Å². The molecule has 0 aliphatic carbocycles. The molecule has 3 heterocycles. The summed E-state index contributed by atoms with van der Waals surface area (Å²) < 4.78 is 13.8. The summed E-state index contributed by atoms with van der Waals surface area (Å²) in [5.41, 5.74) is 3.07. The van der Waals surface area contributed by atoms with Crippen LogP contribution in [0.4, 0.5) is 5.69 Å². The minimum atomic E-state index is 0.0802. The molecule has 0 spiro atoms. The lowest BCUT2D eigenvalue weighted by Crippen LogP contribution is -2.25. The van der Waals surface area contributed by atoms with Crippen molar-refractivity contribution in [3.05, 3.63) is 48.3 Å². The molecular formula is C30H39N3O3. The molecule has 3 aromatic rings. The van der Waals surface area contributed by atoms with E-state index in [1.165, 1.54) is 56.9 Å². The van der Waals surface area contributed by atoms with E-state index in [0.29, 0.717) is 31.9 Å². The highest BCUT2D eigenvalue weighted by Crippen LogP contribution is 2.38. The summed E-state index contributed by atoms with van der Waals surface area (Å²) in [6, 6.07) is 14.2. The number of carbonyl (C=O) groups excluding carboxylic acids is 1. The van der Waals surface area contributed by atoms with Crippen molar-refractivity contribution in [2.45, 2.75) is 83.6 Å². The summed E-state index contributed by atoms with van der Waals surface area (Å²) in [5.74, 6) is 2.72. The van der Waals surface area contributed by atoms with E-state index >= 15 is 0 Å². The predicted octanol–water partition coefficient (Wildman–Crippen LogP) is 6.86. The lowest BCUT2D eigenvalue weighted by molar-refractivity contribution is -0.117. The second-order valence-electron chi connectivity index (χ2n) is 10.2. The van der Waals surface area contributed by atoms with Crippen LogP contribution in [0.1, 0.15) is 82.9 Å². The Bertz CT molecular complexity index is 1170. The topological polar surface area (TPSA) is 56.6 Å². The number of fused-ring (bicyclic) bond motifs is 2. The molecule has 1 unspecified atom stereocenters. The van der Waals surface area contributed by atoms with Crippen LogP contribution < -0.4 is 14.4 Å². The minimum Gasteiger partial charge on any atom is -0.486 e. The average molecular weight is 490 g/mol. The first-order valence-electron chi connectivity index (χ1n) is 13.9. The third kappa shape index (κ3) is 5.53. The van der Waals surface area contributed by atoms with E-state index in [4.69, 9.17) is 14.5 Å². The van der Waals surface area contributed by atoms with Gasteiger partial charge in [0.25, 0.3) is 0 Å². The van der Waals surface area contributed by atoms with Gasteiger partial charge < -0.3 is 18.9 Å². The van der Waals surface area contributed by atoms with Gasteiger partial charge in [-0.25, -0.2) is 4.98 Å². The number of aromatic nitrogens is 2. The van der Waals surface area contributed by atoms with Crippen molar-refractivity contribution in [1.82, 2.24) is 9.55 Å². The maximum Gasteiger partial charge on any atom is 0.227 e. The second-order valence-corrected chi connectivity index (χ2v) is 10.2. The van der Waals surface area contributed by atoms with Gasteiger partial charge in [-0.2, -0.15) is 0 Å². The zero-order valence-electron chi connectivity index (χ0n) is 21.6. The molecule has 6 heteroatoms. The summed E-state index contributed by atoms with van der Waals surface area (Å²) in [7, 11) is 0. The number of carbonyl (C=O) groups is 1. The van der Waals surface area contributed by atoms with Crippen LogP contribution in [0.25, 0.3) is 11.0 Å². The molecule has 2 aliphatic rings. The van der Waals surface area contributed by atoms with E-state index < -0.39 is 0 Å². The van der Waals surface area contributed by atoms with Gasteiger partial charge in [0.2, 0.25) is 5.91 Å². The van der Waals surface area contributed by atoms with Crippen LogP contribution in [0.15, 0.2) is 42.5 Å². The van der Waals surface area contributed by atoms with Crippen LogP contribution in [0.5, 0.6) is 11.5 Å². The molecule has 0 radical (unpaired) electrons. The van der Waals surface area contributed by atoms with Gasteiger partial charge in [0, 0.05) is 37.2 Å². The van der Waals surface area contributed by atoms with Crippen molar-refractivity contribution in [2.24, 2.45) is 0 Å². The van der Waals surface area contributed by atoms with Crippen molar-refractivity contribution >= 4 is 22.6 Å². The molecule has 0 N–H and O–H groups in total. The van der Waals surface area contributed by atoms with Crippen LogP contribution in [-0.2, 0) is 11.3 Å². The Balaban J connectivity index is 1.25. The summed E-state index contributed by atoms with van der Waals surface area (Å²) in [4.78, 5) is 20.0. The number of anilines is 1. The van der Waals surface area contributed by atoms with E-state index in [2.05, 4.69) is 29.7 Å². The number of ether oxygens (including phenoxy) is 2. The van der Waals surface area contributed by atoms with E-state index in [9.17, 15) is 4.79 Å². The number of aryl methyl sites for hydroxylation is 1. The standard InChI is InChI=1S/C30H39N3O3/c1-2-3-4-5-6-7-8-9-12-17-32-26-14-11-10-13-25(26)31-30(32)23-20-29(34)33(22-23)24-15-16-27-28(21-24)36-19-18-35-27/h10-11,13-16,21,23H,2-9,12,17-20,22H2,1H3. The monoisotopic (exact) mass is 489 g/mol. The molecule has 0 saturated carbocycles. The van der Waals surface area contributed by atoms with Crippen molar-refractivity contribution in [3.63, 3.8) is 0 Å². The van der Waals surface area contributed by atoms with Gasteiger partial charge in [-0.05, 0) is 30.7 Å². The predicted molar refractivity (Wildman–Crippen MR) is 144 cm³/mol. The fraction of sp³-hybridized carbons (Fsp3) is 0.533. The van der Waals surface area contributed by atoms with Crippen LogP contribution in [0, 0.1) is 0 Å². The Morgan fingerprint density at radius 1 is 0.889 bits per heavy atom. The number of imidazole rings is 1. The first-order valence-corrected chi connectivity index (χ1v) is 13.9. The molecule has 2 aromatic carbocycles. The zero-order chi connectivity index (χ0) is 24.7. The normalized spacial score (nSPS) is 17.3. The second kappa shape index (κ2) is 11.8. The van der Waals surface area contributed by atoms with Gasteiger partial charge in [0.05, 0.1) is 11.0 Å². The summed E-state index contributed by atoms with van der Waals surface area (Å²) >= 11 is 0. The highest BCUT2D eigenvalue weighted by Gasteiger charge is 2.35. The molecule has 1 amide bonds. The smallest absolute Gasteiger partial charge is 0.227 e. The van der Waals surface area contributed by atoms with Gasteiger partial charge >= 0.3 is 0 Å². The van der Waals surface area contributed by atoms with Crippen molar-refractivity contribution < 1.29 is 14.3 Å². The van der Waals surface area contributed by atoms with Crippen LogP contribution in [0.2, 0.25) is 0 Å². The number of hydrogen-bond acceptors (Lipinski definition) is 4. The summed E-state index contributed by atoms with van der Waals surface area (Å²) in [6.45, 7) is 4.97. The molecule has 5 rings (SSSR count). The molecule has 1 saturated heterocycles. The third-order valence-electron chi connectivity index (χ3n) is 7.50. The first kappa shape index (κ1) is 24.7. The van der Waals surface area contributed by atoms with Gasteiger partial charge in [-0.3, -0.25) is 4.79 Å². The van der Waals surface area contributed by atoms with E-state index in [0.717, 1.165) is 35.7 Å². The highest BCUT2D eigenvalue weighted by atomic mass is 16.6. The quantitative estimate of drug-likeness (QED) is 0.261. The molecule has 1 fully saturated rings. The molecule has 6 nitrogen and oxygen atoms in total. The molecular weight excluding hydrogens is 450 g/mol. The average Bonchev–Trinajstić information content (AvgIpc) is 3.48. The molecule has 192 valence electrons. The van der Waals surface area contributed by atoms with Gasteiger partial charge in [-0.1, -0.05) is 70.4 Å². The minimum absolute atomic E-state index is 0.0802. The Hall–Kier alpha value is -3.02. The fourth-order valence-corrected chi connectivity index (χ4v) is 5.55. The Morgan fingerprint density at radius 2 is 1.61 bits per heavy atom. The molecule has 36 heavy (non-hydrogen) atoms. The van der Waals surface area contributed by atoms with Crippen molar-refractivity contribution in [3.8, 4) is 11.5 Å². The van der Waals surface area contributed by atoms with Crippen molar-refractivity contribution in [1.29, 1.82) is 0 Å². The van der Waals surface area contributed by atoms with Crippen LogP contribution >= 0.6 is 0 Å². The largest absolute Gasteiger partial charge is 0.486 e. The van der Waals surface area contributed by atoms with Gasteiger partial charge in [0.1, 0.15) is 19.0 Å². The number of unbranched alkanes of at least 4 members (excludes halogenated alkanes) is 8. The molecule has 1 atom stereocenters. The third-order valence-corrected chi connectivity index (χ3v) is 7.50. The summed E-state index contributed by atoms with van der Waals surface area (Å²) in [5, 5.41) is 0. The number of hydrogen-bond donors (Lipinski definition) is 0. The maximum atomic E-state index is 13.1. The van der Waals surface area contributed by atoms with Crippen molar-refractivity contribution in [2.75, 3.05) is 24.7 Å². The van der Waals surface area contributed by atoms with Crippen LogP contribution in [-0.4, -0.2) is 35.2 Å². The zero-order valence-corrected chi connectivity index (χ0v) is 21.6. The number of amides is 1. The van der Waals surface area contributed by atoms with Crippen LogP contribution in [0.3, 0.4) is 0 Å². The van der Waals surface area contributed by atoms with Gasteiger partial charge in [-0.15, -0.1) is 0 Å². The number of rotatable bonds is 12. The Kier molecular flexibility index (Phi) is 8.09. The molecule has 0 bridgehead atoms. The lowest BCUT2D eigenvalue weighted by atomic mass is 10.1. The molecule has 1 aromatic heterocycles. The number of para-hydroxylation sites is 2. The van der Waals surface area contributed by atoms with E-state index in [-0.39, 0.29) is 11.8 Å².